The molecule has 0 bridgehead atoms. The van der Waals surface area contributed by atoms with Crippen molar-refractivity contribution in [2.75, 3.05) is 26.2 Å². The second-order valence-electron chi connectivity index (χ2n) is 5.86. The molecule has 1 aromatic carbocycles. The molecule has 0 spiro atoms. The second kappa shape index (κ2) is 7.40. The lowest BCUT2D eigenvalue weighted by molar-refractivity contribution is -0.389. The molecule has 2 aromatic rings. The highest BCUT2D eigenvalue weighted by molar-refractivity contribution is 5.92. The lowest BCUT2D eigenvalue weighted by Crippen LogP contribution is -2.50. The maximum Gasteiger partial charge on any atom is 0.343 e. The highest BCUT2D eigenvalue weighted by atomic mass is 19.1. The number of nitro groups is 1. The van der Waals surface area contributed by atoms with Crippen molar-refractivity contribution in [3.05, 3.63) is 57.5 Å². The Hall–Kier alpha value is -3.14. The number of benzene rings is 1. The number of hydrogen-bond donors (Lipinski definition) is 1. The fourth-order valence-electron chi connectivity index (χ4n) is 2.92. The summed E-state index contributed by atoms with van der Waals surface area (Å²) in [5.41, 5.74) is 0.666. The van der Waals surface area contributed by atoms with Crippen molar-refractivity contribution in [3.63, 3.8) is 0 Å². The minimum absolute atomic E-state index is 0.0179. The standard InChI is InChI=1S/C16H16FN5O4/c17-12-3-1-11(2-4-12)14(10-23)20-5-7-21(8-6-20)16(24)13-9-15(19-18-13)22(25)26/h1-4,9-10,14H,5-8H2,(H,18,19). The first-order chi connectivity index (χ1) is 12.5. The molecule has 0 saturated carbocycles. The number of hydrogen-bond acceptors (Lipinski definition) is 6. The quantitative estimate of drug-likeness (QED) is 0.486. The number of H-pyrrole nitrogens is 1. The van der Waals surface area contributed by atoms with Crippen LogP contribution in [0.2, 0.25) is 0 Å². The first-order valence-corrected chi connectivity index (χ1v) is 7.93. The van der Waals surface area contributed by atoms with Gasteiger partial charge in [0.25, 0.3) is 5.91 Å². The van der Waals surface area contributed by atoms with Gasteiger partial charge >= 0.3 is 5.82 Å². The van der Waals surface area contributed by atoms with Gasteiger partial charge in [-0.1, -0.05) is 17.2 Å². The average Bonchev–Trinajstić information content (AvgIpc) is 3.14. The number of halogens is 1. The van der Waals surface area contributed by atoms with Crippen molar-refractivity contribution in [2.45, 2.75) is 6.04 Å². The van der Waals surface area contributed by atoms with Gasteiger partial charge in [0.05, 0.1) is 12.1 Å². The van der Waals surface area contributed by atoms with Gasteiger partial charge in [-0.15, -0.1) is 5.10 Å². The van der Waals surface area contributed by atoms with E-state index in [1.54, 1.807) is 12.1 Å². The number of carbonyl (C=O) groups excluding carboxylic acids is 2. The molecule has 1 aromatic heterocycles. The molecule has 9 nitrogen and oxygen atoms in total. The predicted molar refractivity (Wildman–Crippen MR) is 87.9 cm³/mol. The van der Waals surface area contributed by atoms with E-state index in [9.17, 15) is 24.1 Å². The van der Waals surface area contributed by atoms with Crippen molar-refractivity contribution in [1.29, 1.82) is 0 Å². The molecular weight excluding hydrogens is 345 g/mol. The monoisotopic (exact) mass is 361 g/mol. The maximum absolute atomic E-state index is 13.1. The maximum atomic E-state index is 13.1. The number of amides is 1. The van der Waals surface area contributed by atoms with Crippen LogP contribution >= 0.6 is 0 Å². The Morgan fingerprint density at radius 3 is 2.46 bits per heavy atom. The fourth-order valence-corrected chi connectivity index (χ4v) is 2.92. The Bertz CT molecular complexity index is 814. The highest BCUT2D eigenvalue weighted by Gasteiger charge is 2.29. The zero-order chi connectivity index (χ0) is 18.7. The van der Waals surface area contributed by atoms with E-state index < -0.39 is 16.9 Å². The van der Waals surface area contributed by atoms with Crippen LogP contribution in [0.5, 0.6) is 0 Å². The molecule has 10 heteroatoms. The van der Waals surface area contributed by atoms with Crippen LogP contribution in [0, 0.1) is 15.9 Å². The average molecular weight is 361 g/mol. The number of nitrogens with one attached hydrogen (secondary N) is 1. The summed E-state index contributed by atoms with van der Waals surface area (Å²) in [5.74, 6) is -1.12. The van der Waals surface area contributed by atoms with Crippen LogP contribution < -0.4 is 0 Å². The summed E-state index contributed by atoms with van der Waals surface area (Å²) >= 11 is 0. The van der Waals surface area contributed by atoms with E-state index in [4.69, 9.17) is 0 Å². The van der Waals surface area contributed by atoms with Crippen LogP contribution in [0.15, 0.2) is 30.3 Å². The Morgan fingerprint density at radius 2 is 1.92 bits per heavy atom. The molecule has 1 saturated heterocycles. The third-order valence-corrected chi connectivity index (χ3v) is 4.32. The Kier molecular flexibility index (Phi) is 5.03. The third kappa shape index (κ3) is 3.59. The van der Waals surface area contributed by atoms with E-state index in [1.165, 1.54) is 17.0 Å². The van der Waals surface area contributed by atoms with Crippen molar-refractivity contribution in [1.82, 2.24) is 20.0 Å². The molecule has 3 rings (SSSR count). The van der Waals surface area contributed by atoms with Gasteiger partial charge < -0.3 is 19.8 Å². The molecule has 1 fully saturated rings. The number of aromatic amines is 1. The van der Waals surface area contributed by atoms with E-state index in [-0.39, 0.29) is 17.3 Å². The molecule has 1 aliphatic rings. The number of aromatic nitrogens is 2. The molecule has 136 valence electrons. The van der Waals surface area contributed by atoms with Gasteiger partial charge in [0, 0.05) is 26.2 Å². The van der Waals surface area contributed by atoms with E-state index in [0.29, 0.717) is 31.7 Å². The first kappa shape index (κ1) is 17.7. The first-order valence-electron chi connectivity index (χ1n) is 7.93. The minimum atomic E-state index is -0.654. The van der Waals surface area contributed by atoms with Crippen molar-refractivity contribution >= 4 is 18.0 Å². The Labute approximate surface area is 147 Å². The summed E-state index contributed by atoms with van der Waals surface area (Å²) in [6, 6.07) is 6.32. The molecular formula is C16H16FN5O4. The topological polar surface area (TPSA) is 112 Å². The number of aldehydes is 1. The molecule has 1 amide bonds. The molecule has 1 unspecified atom stereocenters. The Balaban J connectivity index is 1.64. The van der Waals surface area contributed by atoms with Crippen LogP contribution in [-0.4, -0.2) is 63.3 Å². The second-order valence-corrected chi connectivity index (χ2v) is 5.86. The Morgan fingerprint density at radius 1 is 1.27 bits per heavy atom. The van der Waals surface area contributed by atoms with E-state index >= 15 is 0 Å². The molecule has 26 heavy (non-hydrogen) atoms. The van der Waals surface area contributed by atoms with Crippen LogP contribution in [0.3, 0.4) is 0 Å². The zero-order valence-corrected chi connectivity index (χ0v) is 13.7. The van der Waals surface area contributed by atoms with Crippen LogP contribution in [0.25, 0.3) is 0 Å². The van der Waals surface area contributed by atoms with Gasteiger partial charge in [-0.2, -0.15) is 0 Å². The lowest BCUT2D eigenvalue weighted by atomic mass is 10.1. The highest BCUT2D eigenvalue weighted by Crippen LogP contribution is 2.21. The summed E-state index contributed by atoms with van der Waals surface area (Å²) in [6.07, 6.45) is 0.793. The van der Waals surface area contributed by atoms with Crippen LogP contribution in [0.1, 0.15) is 22.1 Å². The molecule has 2 heterocycles. The summed E-state index contributed by atoms with van der Waals surface area (Å²) in [6.45, 7) is 1.59. The summed E-state index contributed by atoms with van der Waals surface area (Å²) in [5, 5.41) is 16.5. The normalized spacial score (nSPS) is 16.3. The van der Waals surface area contributed by atoms with Gasteiger partial charge in [-0.05, 0) is 22.6 Å². The van der Waals surface area contributed by atoms with Gasteiger partial charge in [-0.3, -0.25) is 9.69 Å². The minimum Gasteiger partial charge on any atom is -0.358 e. The van der Waals surface area contributed by atoms with Crippen molar-refractivity contribution in [3.8, 4) is 0 Å². The third-order valence-electron chi connectivity index (χ3n) is 4.32. The van der Waals surface area contributed by atoms with Gasteiger partial charge in [0.1, 0.15) is 12.1 Å². The van der Waals surface area contributed by atoms with E-state index in [0.717, 1.165) is 12.4 Å². The molecule has 1 aliphatic heterocycles. The number of piperazine rings is 1. The molecule has 0 aliphatic carbocycles. The number of nitrogens with zero attached hydrogens (tertiary/aromatic N) is 4. The van der Waals surface area contributed by atoms with Crippen molar-refractivity contribution < 1.29 is 18.9 Å². The van der Waals surface area contributed by atoms with Crippen molar-refractivity contribution in [2.24, 2.45) is 0 Å². The zero-order valence-electron chi connectivity index (χ0n) is 13.7. The number of rotatable bonds is 5. The van der Waals surface area contributed by atoms with E-state index in [2.05, 4.69) is 10.2 Å². The fraction of sp³-hybridized carbons (Fsp3) is 0.312. The predicted octanol–water partition coefficient (Wildman–Crippen LogP) is 1.16. The molecule has 1 N–H and O–H groups in total. The van der Waals surface area contributed by atoms with Crippen LogP contribution in [-0.2, 0) is 4.79 Å². The van der Waals surface area contributed by atoms with Gasteiger partial charge in [0.2, 0.25) is 0 Å². The largest absolute Gasteiger partial charge is 0.358 e. The van der Waals surface area contributed by atoms with Gasteiger partial charge in [-0.25, -0.2) is 4.39 Å². The lowest BCUT2D eigenvalue weighted by Gasteiger charge is -2.37. The molecule has 1 atom stereocenters. The van der Waals surface area contributed by atoms with Gasteiger partial charge in [0.15, 0.2) is 5.69 Å². The van der Waals surface area contributed by atoms with E-state index in [1.807, 2.05) is 4.90 Å². The smallest absolute Gasteiger partial charge is 0.343 e. The summed E-state index contributed by atoms with van der Waals surface area (Å²) in [7, 11) is 0. The summed E-state index contributed by atoms with van der Waals surface area (Å²) < 4.78 is 13.1. The number of carbonyl (C=O) groups is 2. The molecule has 0 radical (unpaired) electrons. The summed E-state index contributed by atoms with van der Waals surface area (Å²) in [4.78, 5) is 37.3. The van der Waals surface area contributed by atoms with Crippen LogP contribution in [0.4, 0.5) is 10.2 Å². The SMILES string of the molecule is O=CC(c1ccc(F)cc1)N1CCN(C(=O)c2cc([N+](=O)[O-])[nH]n2)CC1.